The normalized spacial score (nSPS) is 15.0. The summed E-state index contributed by atoms with van der Waals surface area (Å²) < 4.78 is 5.33. The number of amides is 1. The van der Waals surface area contributed by atoms with Gasteiger partial charge >= 0.3 is 5.97 Å². The molecule has 0 spiro atoms. The standard InChI is InChI=1S/C14H20N2O3S/c1-7-9(13(18)19-14(2,3)4)11(15)20-10(7)12(17)16-8-5-6-8/h8H,5-6,15H2,1-4H3,(H,16,17). The maximum absolute atomic E-state index is 12.1. The second kappa shape index (κ2) is 5.09. The molecule has 1 aromatic heterocycles. The van der Waals surface area contributed by atoms with Crippen molar-refractivity contribution in [2.75, 3.05) is 5.73 Å². The Hall–Kier alpha value is -1.56. The molecule has 5 nitrogen and oxygen atoms in total. The summed E-state index contributed by atoms with van der Waals surface area (Å²) in [6, 6.07) is 0.273. The number of carbonyl (C=O) groups is 2. The summed E-state index contributed by atoms with van der Waals surface area (Å²) in [6.45, 7) is 7.12. The molecule has 0 saturated heterocycles. The van der Waals surface area contributed by atoms with Gasteiger partial charge in [-0.2, -0.15) is 0 Å². The molecule has 0 aliphatic heterocycles. The minimum absolute atomic E-state index is 0.156. The van der Waals surface area contributed by atoms with Crippen molar-refractivity contribution in [3.8, 4) is 0 Å². The lowest BCUT2D eigenvalue weighted by atomic mass is 10.1. The number of ether oxygens (including phenoxy) is 1. The zero-order valence-corrected chi connectivity index (χ0v) is 13.0. The molecule has 1 heterocycles. The van der Waals surface area contributed by atoms with Crippen molar-refractivity contribution in [2.24, 2.45) is 0 Å². The van der Waals surface area contributed by atoms with Gasteiger partial charge in [-0.3, -0.25) is 4.79 Å². The minimum atomic E-state index is -0.589. The first-order valence-corrected chi connectivity index (χ1v) is 7.44. The molecule has 110 valence electrons. The van der Waals surface area contributed by atoms with E-state index >= 15 is 0 Å². The first-order valence-electron chi connectivity index (χ1n) is 6.62. The number of hydrogen-bond acceptors (Lipinski definition) is 5. The lowest BCUT2D eigenvalue weighted by Crippen LogP contribution is -2.26. The topological polar surface area (TPSA) is 81.4 Å². The number of nitrogens with two attached hydrogens (primary N) is 1. The smallest absolute Gasteiger partial charge is 0.341 e. The fraction of sp³-hybridized carbons (Fsp3) is 0.571. The summed E-state index contributed by atoms with van der Waals surface area (Å²) in [4.78, 5) is 24.7. The molecule has 0 aromatic carbocycles. The van der Waals surface area contributed by atoms with E-state index in [1.807, 2.05) is 0 Å². The Morgan fingerprint density at radius 3 is 2.45 bits per heavy atom. The maximum Gasteiger partial charge on any atom is 0.341 e. The average molecular weight is 296 g/mol. The molecule has 1 aliphatic rings. The van der Waals surface area contributed by atoms with Gasteiger partial charge in [0.2, 0.25) is 0 Å². The summed E-state index contributed by atoms with van der Waals surface area (Å²) in [5.74, 6) is -0.634. The van der Waals surface area contributed by atoms with Gasteiger partial charge in [-0.05, 0) is 46.1 Å². The average Bonchev–Trinajstić information content (AvgIpc) is 3.01. The third-order valence-electron chi connectivity index (χ3n) is 2.90. The fourth-order valence-electron chi connectivity index (χ4n) is 1.81. The molecule has 20 heavy (non-hydrogen) atoms. The van der Waals surface area contributed by atoms with Gasteiger partial charge in [0.1, 0.15) is 10.6 Å². The van der Waals surface area contributed by atoms with Crippen molar-refractivity contribution >= 4 is 28.2 Å². The number of nitrogen functional groups attached to an aromatic ring is 1. The summed E-state index contributed by atoms with van der Waals surface area (Å²) >= 11 is 1.14. The number of esters is 1. The Balaban J connectivity index is 2.23. The van der Waals surface area contributed by atoms with Gasteiger partial charge in [-0.15, -0.1) is 11.3 Å². The third-order valence-corrected chi connectivity index (χ3v) is 4.02. The summed E-state index contributed by atoms with van der Waals surface area (Å²) in [5, 5.41) is 3.23. The largest absolute Gasteiger partial charge is 0.456 e. The van der Waals surface area contributed by atoms with Crippen LogP contribution in [0.4, 0.5) is 5.00 Å². The van der Waals surface area contributed by atoms with E-state index in [0.29, 0.717) is 21.0 Å². The van der Waals surface area contributed by atoms with E-state index in [4.69, 9.17) is 10.5 Å². The van der Waals surface area contributed by atoms with Crippen LogP contribution < -0.4 is 11.1 Å². The van der Waals surface area contributed by atoms with Gasteiger partial charge in [-0.25, -0.2) is 4.79 Å². The number of nitrogens with one attached hydrogen (secondary N) is 1. The second-order valence-corrected chi connectivity index (χ2v) is 7.10. The summed E-state index contributed by atoms with van der Waals surface area (Å²) in [7, 11) is 0. The van der Waals surface area contributed by atoms with Crippen LogP contribution in [0.1, 0.15) is 59.2 Å². The van der Waals surface area contributed by atoms with Crippen molar-refractivity contribution in [1.29, 1.82) is 0 Å². The maximum atomic E-state index is 12.1. The van der Waals surface area contributed by atoms with Gasteiger partial charge in [-0.1, -0.05) is 0 Å². The lowest BCUT2D eigenvalue weighted by molar-refractivity contribution is 0.00706. The summed E-state index contributed by atoms with van der Waals surface area (Å²) in [5.41, 5.74) is 6.20. The molecule has 1 amide bonds. The van der Waals surface area contributed by atoms with Crippen molar-refractivity contribution < 1.29 is 14.3 Å². The molecular weight excluding hydrogens is 276 g/mol. The molecule has 6 heteroatoms. The Bertz CT molecular complexity index is 554. The van der Waals surface area contributed by atoms with Crippen LogP contribution in [-0.2, 0) is 4.74 Å². The third kappa shape index (κ3) is 3.30. The van der Waals surface area contributed by atoms with E-state index in [1.165, 1.54) is 0 Å². The predicted octanol–water partition coefficient (Wildman–Crippen LogP) is 2.49. The lowest BCUT2D eigenvalue weighted by Gasteiger charge is -2.19. The van der Waals surface area contributed by atoms with E-state index in [-0.39, 0.29) is 11.9 Å². The van der Waals surface area contributed by atoms with Gasteiger partial charge in [0.05, 0.1) is 10.4 Å². The molecule has 1 fully saturated rings. The number of rotatable bonds is 3. The van der Waals surface area contributed by atoms with Crippen LogP contribution in [0.5, 0.6) is 0 Å². The summed E-state index contributed by atoms with van der Waals surface area (Å²) in [6.07, 6.45) is 2.04. The van der Waals surface area contributed by atoms with Crippen LogP contribution >= 0.6 is 11.3 Å². The van der Waals surface area contributed by atoms with Gasteiger partial charge in [0.15, 0.2) is 0 Å². The molecule has 1 saturated carbocycles. The molecule has 0 atom stereocenters. The van der Waals surface area contributed by atoms with E-state index in [1.54, 1.807) is 27.7 Å². The van der Waals surface area contributed by atoms with Crippen LogP contribution in [0.2, 0.25) is 0 Å². The van der Waals surface area contributed by atoms with E-state index in [9.17, 15) is 9.59 Å². The highest BCUT2D eigenvalue weighted by Crippen LogP contribution is 2.32. The second-order valence-electron chi connectivity index (χ2n) is 6.05. The van der Waals surface area contributed by atoms with Crippen LogP contribution in [0, 0.1) is 6.92 Å². The van der Waals surface area contributed by atoms with Crippen LogP contribution in [0.25, 0.3) is 0 Å². The zero-order chi connectivity index (χ0) is 15.1. The molecule has 1 aliphatic carbocycles. The molecule has 1 aromatic rings. The highest BCUT2D eigenvalue weighted by molar-refractivity contribution is 7.18. The SMILES string of the molecule is Cc1c(C(=O)NC2CC2)sc(N)c1C(=O)OC(C)(C)C. The Kier molecular flexibility index (Phi) is 3.77. The van der Waals surface area contributed by atoms with E-state index < -0.39 is 11.6 Å². The fourth-order valence-corrected chi connectivity index (χ4v) is 2.78. The van der Waals surface area contributed by atoms with Crippen LogP contribution in [0.3, 0.4) is 0 Å². The first kappa shape index (κ1) is 14.8. The van der Waals surface area contributed by atoms with Crippen molar-refractivity contribution in [1.82, 2.24) is 5.32 Å². The van der Waals surface area contributed by atoms with Gasteiger partial charge in [0, 0.05) is 6.04 Å². The molecular formula is C14H20N2O3S. The van der Waals surface area contributed by atoms with Crippen LogP contribution in [-0.4, -0.2) is 23.5 Å². The van der Waals surface area contributed by atoms with Crippen molar-refractivity contribution in [3.05, 3.63) is 16.0 Å². The molecule has 0 unspecified atom stereocenters. The van der Waals surface area contributed by atoms with E-state index in [0.717, 1.165) is 24.2 Å². The first-order chi connectivity index (χ1) is 9.19. The number of anilines is 1. The molecule has 0 bridgehead atoms. The van der Waals surface area contributed by atoms with Gasteiger partial charge < -0.3 is 15.8 Å². The van der Waals surface area contributed by atoms with Crippen molar-refractivity contribution in [3.63, 3.8) is 0 Å². The van der Waals surface area contributed by atoms with E-state index in [2.05, 4.69) is 5.32 Å². The number of carbonyl (C=O) groups excluding carboxylic acids is 2. The Labute approximate surface area is 122 Å². The number of hydrogen-bond donors (Lipinski definition) is 2. The van der Waals surface area contributed by atoms with Crippen LogP contribution in [0.15, 0.2) is 0 Å². The predicted molar refractivity (Wildman–Crippen MR) is 79.1 cm³/mol. The quantitative estimate of drug-likeness (QED) is 0.840. The highest BCUT2D eigenvalue weighted by atomic mass is 32.1. The Morgan fingerprint density at radius 1 is 1.35 bits per heavy atom. The monoisotopic (exact) mass is 296 g/mol. The molecule has 3 N–H and O–H groups in total. The highest BCUT2D eigenvalue weighted by Gasteiger charge is 2.29. The van der Waals surface area contributed by atoms with Gasteiger partial charge in [0.25, 0.3) is 5.91 Å². The molecule has 2 rings (SSSR count). The number of thiophene rings is 1. The molecule has 0 radical (unpaired) electrons. The Morgan fingerprint density at radius 2 is 1.95 bits per heavy atom. The zero-order valence-electron chi connectivity index (χ0n) is 12.2. The minimum Gasteiger partial charge on any atom is -0.456 e. The van der Waals surface area contributed by atoms with Crippen molar-refractivity contribution in [2.45, 2.75) is 52.2 Å².